The molecule has 1 saturated carbocycles. The molecule has 0 unspecified atom stereocenters. The lowest BCUT2D eigenvalue weighted by atomic mass is 9.89. The van der Waals surface area contributed by atoms with E-state index in [9.17, 15) is 14.7 Å². The fourth-order valence-corrected chi connectivity index (χ4v) is 3.02. The number of carbonyl (C=O) groups excluding carboxylic acids is 1. The van der Waals surface area contributed by atoms with Crippen molar-refractivity contribution in [1.82, 2.24) is 5.32 Å². The summed E-state index contributed by atoms with van der Waals surface area (Å²) in [5, 5.41) is 12.8. The number of hydrogen-bond donors (Lipinski definition) is 2. The van der Waals surface area contributed by atoms with E-state index in [0.717, 1.165) is 31.2 Å². The smallest absolute Gasteiger partial charge is 0.329 e. The van der Waals surface area contributed by atoms with Gasteiger partial charge in [0.05, 0.1) is 0 Å². The SMILES string of the molecule is Cc1ccc(Cl)cc1C(=O)NC1(C(=O)O)CCCCCC1. The fourth-order valence-electron chi connectivity index (χ4n) is 2.85. The van der Waals surface area contributed by atoms with Crippen LogP contribution in [-0.4, -0.2) is 22.5 Å². The van der Waals surface area contributed by atoms with Gasteiger partial charge in [0.1, 0.15) is 5.54 Å². The summed E-state index contributed by atoms with van der Waals surface area (Å²) < 4.78 is 0. The number of nitrogens with one attached hydrogen (secondary N) is 1. The van der Waals surface area contributed by atoms with Crippen molar-refractivity contribution in [3.05, 3.63) is 34.3 Å². The molecule has 1 aromatic carbocycles. The number of carbonyl (C=O) groups is 2. The van der Waals surface area contributed by atoms with E-state index in [4.69, 9.17) is 11.6 Å². The van der Waals surface area contributed by atoms with Crippen LogP contribution >= 0.6 is 11.6 Å². The Labute approximate surface area is 129 Å². The number of halogens is 1. The highest BCUT2D eigenvalue weighted by atomic mass is 35.5. The van der Waals surface area contributed by atoms with Crippen LogP contribution in [0.3, 0.4) is 0 Å². The van der Waals surface area contributed by atoms with Gasteiger partial charge in [0.15, 0.2) is 0 Å². The molecule has 1 aliphatic carbocycles. The summed E-state index contributed by atoms with van der Waals surface area (Å²) in [4.78, 5) is 24.2. The fraction of sp³-hybridized carbons (Fsp3) is 0.500. The van der Waals surface area contributed by atoms with Gasteiger partial charge >= 0.3 is 5.97 Å². The summed E-state index contributed by atoms with van der Waals surface area (Å²) >= 11 is 5.93. The van der Waals surface area contributed by atoms with Crippen LogP contribution in [0.15, 0.2) is 18.2 Å². The normalized spacial score (nSPS) is 17.8. The van der Waals surface area contributed by atoms with Gasteiger partial charge in [0.2, 0.25) is 0 Å². The molecule has 0 spiro atoms. The Balaban J connectivity index is 2.26. The second kappa shape index (κ2) is 6.48. The first-order valence-electron chi connectivity index (χ1n) is 7.27. The highest BCUT2D eigenvalue weighted by Crippen LogP contribution is 2.28. The Morgan fingerprint density at radius 1 is 1.19 bits per heavy atom. The zero-order chi connectivity index (χ0) is 15.5. The van der Waals surface area contributed by atoms with Crippen LogP contribution in [0, 0.1) is 6.92 Å². The van der Waals surface area contributed by atoms with Crippen LogP contribution in [0.1, 0.15) is 54.4 Å². The molecule has 0 aliphatic heterocycles. The maximum Gasteiger partial charge on any atom is 0.329 e. The van der Waals surface area contributed by atoms with E-state index >= 15 is 0 Å². The molecule has 5 heteroatoms. The van der Waals surface area contributed by atoms with Crippen LogP contribution in [0.25, 0.3) is 0 Å². The average molecular weight is 310 g/mol. The van der Waals surface area contributed by atoms with Gasteiger partial charge < -0.3 is 10.4 Å². The van der Waals surface area contributed by atoms with Crippen molar-refractivity contribution in [1.29, 1.82) is 0 Å². The predicted octanol–water partition coefficient (Wildman–Crippen LogP) is 3.56. The lowest BCUT2D eigenvalue weighted by Crippen LogP contribution is -2.54. The van der Waals surface area contributed by atoms with Gasteiger partial charge in [-0.2, -0.15) is 0 Å². The number of aliphatic carboxylic acids is 1. The minimum atomic E-state index is -1.15. The van der Waals surface area contributed by atoms with Gasteiger partial charge in [-0.15, -0.1) is 0 Å². The van der Waals surface area contributed by atoms with E-state index in [1.54, 1.807) is 18.2 Å². The zero-order valence-electron chi connectivity index (χ0n) is 12.1. The standard InChI is InChI=1S/C16H20ClNO3/c1-11-6-7-12(17)10-13(11)14(19)18-16(15(20)21)8-4-2-3-5-9-16/h6-7,10H,2-5,8-9H2,1H3,(H,18,19)(H,20,21). The largest absolute Gasteiger partial charge is 0.480 e. The summed E-state index contributed by atoms with van der Waals surface area (Å²) in [5.41, 5.74) is 0.0703. The molecule has 0 atom stereocenters. The molecular formula is C16H20ClNO3. The first-order chi connectivity index (χ1) is 9.94. The molecular weight excluding hydrogens is 290 g/mol. The first-order valence-corrected chi connectivity index (χ1v) is 7.64. The van der Waals surface area contributed by atoms with Crippen LogP contribution in [0.2, 0.25) is 5.02 Å². The molecule has 1 aliphatic rings. The third-order valence-corrected chi connectivity index (χ3v) is 4.40. The Bertz CT molecular complexity index is 548. The van der Waals surface area contributed by atoms with E-state index in [-0.39, 0.29) is 5.91 Å². The van der Waals surface area contributed by atoms with Gasteiger partial charge in [0, 0.05) is 10.6 Å². The quantitative estimate of drug-likeness (QED) is 0.839. The second-order valence-corrected chi connectivity index (χ2v) is 6.15. The monoisotopic (exact) mass is 309 g/mol. The first kappa shape index (κ1) is 15.8. The van der Waals surface area contributed by atoms with Crippen LogP contribution in [-0.2, 0) is 4.79 Å². The molecule has 4 nitrogen and oxygen atoms in total. The van der Waals surface area contributed by atoms with Gasteiger partial charge in [-0.25, -0.2) is 4.79 Å². The Morgan fingerprint density at radius 3 is 2.38 bits per heavy atom. The number of hydrogen-bond acceptors (Lipinski definition) is 2. The highest BCUT2D eigenvalue weighted by molar-refractivity contribution is 6.31. The zero-order valence-corrected chi connectivity index (χ0v) is 12.9. The number of carboxylic acid groups (broad SMARTS) is 1. The lowest BCUT2D eigenvalue weighted by molar-refractivity contribution is -0.145. The van der Waals surface area contributed by atoms with E-state index in [2.05, 4.69) is 5.32 Å². The molecule has 1 aromatic rings. The van der Waals surface area contributed by atoms with Crippen molar-refractivity contribution < 1.29 is 14.7 Å². The van der Waals surface area contributed by atoms with E-state index in [0.29, 0.717) is 23.4 Å². The molecule has 2 N–H and O–H groups in total. The molecule has 1 amide bonds. The minimum absolute atomic E-state index is 0.362. The number of carboxylic acids is 1. The van der Waals surface area contributed by atoms with Crippen LogP contribution in [0.4, 0.5) is 0 Å². The summed E-state index contributed by atoms with van der Waals surface area (Å²) in [6, 6.07) is 5.06. The maximum absolute atomic E-state index is 12.5. The lowest BCUT2D eigenvalue weighted by Gasteiger charge is -2.29. The summed E-state index contributed by atoms with van der Waals surface area (Å²) in [7, 11) is 0. The number of benzene rings is 1. The summed E-state index contributed by atoms with van der Waals surface area (Å²) in [6.45, 7) is 1.81. The van der Waals surface area contributed by atoms with Crippen molar-refractivity contribution in [3.8, 4) is 0 Å². The molecule has 0 aromatic heterocycles. The highest BCUT2D eigenvalue weighted by Gasteiger charge is 2.40. The van der Waals surface area contributed by atoms with Crippen molar-refractivity contribution in [2.24, 2.45) is 0 Å². The van der Waals surface area contributed by atoms with Gasteiger partial charge in [0.25, 0.3) is 5.91 Å². The molecule has 0 heterocycles. The van der Waals surface area contributed by atoms with Gasteiger partial charge in [-0.3, -0.25) is 4.79 Å². The summed E-state index contributed by atoms with van der Waals surface area (Å²) in [6.07, 6.45) is 4.63. The molecule has 0 radical (unpaired) electrons. The van der Waals surface area contributed by atoms with Crippen molar-refractivity contribution in [2.75, 3.05) is 0 Å². The third kappa shape index (κ3) is 3.56. The molecule has 2 rings (SSSR count). The Morgan fingerprint density at radius 2 is 1.81 bits per heavy atom. The Kier molecular flexibility index (Phi) is 4.88. The number of amides is 1. The van der Waals surface area contributed by atoms with Crippen molar-refractivity contribution in [3.63, 3.8) is 0 Å². The van der Waals surface area contributed by atoms with Crippen LogP contribution < -0.4 is 5.32 Å². The topological polar surface area (TPSA) is 66.4 Å². The van der Waals surface area contributed by atoms with Gasteiger partial charge in [-0.05, 0) is 37.5 Å². The van der Waals surface area contributed by atoms with Gasteiger partial charge in [-0.1, -0.05) is 43.4 Å². The molecule has 114 valence electrons. The molecule has 21 heavy (non-hydrogen) atoms. The van der Waals surface area contributed by atoms with E-state index in [1.807, 2.05) is 6.92 Å². The predicted molar refractivity (Wildman–Crippen MR) is 81.7 cm³/mol. The second-order valence-electron chi connectivity index (χ2n) is 5.71. The van der Waals surface area contributed by atoms with E-state index < -0.39 is 11.5 Å². The third-order valence-electron chi connectivity index (χ3n) is 4.16. The van der Waals surface area contributed by atoms with E-state index in [1.165, 1.54) is 0 Å². The van der Waals surface area contributed by atoms with Crippen molar-refractivity contribution in [2.45, 2.75) is 51.0 Å². The van der Waals surface area contributed by atoms with Crippen molar-refractivity contribution >= 4 is 23.5 Å². The minimum Gasteiger partial charge on any atom is -0.480 e. The summed E-state index contributed by atoms with van der Waals surface area (Å²) in [5.74, 6) is -1.31. The number of rotatable bonds is 3. The average Bonchev–Trinajstić information content (AvgIpc) is 2.68. The van der Waals surface area contributed by atoms with Crippen LogP contribution in [0.5, 0.6) is 0 Å². The number of aryl methyl sites for hydroxylation is 1. The Hall–Kier alpha value is -1.55. The molecule has 1 fully saturated rings. The molecule has 0 bridgehead atoms. The maximum atomic E-state index is 12.5. The molecule has 0 saturated heterocycles.